The molecule has 0 spiro atoms. The van der Waals surface area contributed by atoms with E-state index >= 15 is 0 Å². The third kappa shape index (κ3) is 2.80. The lowest BCUT2D eigenvalue weighted by Gasteiger charge is -2.25. The summed E-state index contributed by atoms with van der Waals surface area (Å²) in [6.07, 6.45) is 8.55. The van der Waals surface area contributed by atoms with E-state index in [0.717, 1.165) is 31.1 Å². The van der Waals surface area contributed by atoms with Crippen LogP contribution in [-0.4, -0.2) is 16.9 Å². The second kappa shape index (κ2) is 5.48. The van der Waals surface area contributed by atoms with Crippen LogP contribution in [0.25, 0.3) is 0 Å². The van der Waals surface area contributed by atoms with Crippen molar-refractivity contribution in [3.8, 4) is 0 Å². The molecule has 1 heterocycles. The van der Waals surface area contributed by atoms with Crippen molar-refractivity contribution in [2.24, 2.45) is 5.92 Å². The first-order valence-corrected chi connectivity index (χ1v) is 7.61. The maximum absolute atomic E-state index is 6.23. The largest absolute Gasteiger partial charge is 0.370 e. The minimum absolute atomic E-state index is 0.388. The van der Waals surface area contributed by atoms with E-state index in [1.165, 1.54) is 43.4 Å². The summed E-state index contributed by atoms with van der Waals surface area (Å²) in [7, 11) is 0. The van der Waals surface area contributed by atoms with Gasteiger partial charge < -0.3 is 5.32 Å². The maximum atomic E-state index is 6.23. The predicted molar refractivity (Wildman–Crippen MR) is 76.4 cm³/mol. The fraction of sp³-hybridized carbons (Fsp3) is 0.667. The Balaban J connectivity index is 1.56. The van der Waals surface area contributed by atoms with Gasteiger partial charge in [0, 0.05) is 17.6 Å². The van der Waals surface area contributed by atoms with E-state index < -0.39 is 0 Å². The number of nitrogens with one attached hydrogen (secondary N) is 1. The van der Waals surface area contributed by atoms with Gasteiger partial charge in [-0.05, 0) is 56.1 Å². The van der Waals surface area contributed by atoms with Crippen molar-refractivity contribution >= 4 is 17.4 Å². The first-order chi connectivity index (χ1) is 8.81. The van der Waals surface area contributed by atoms with Crippen molar-refractivity contribution in [1.29, 1.82) is 0 Å². The molecule has 0 aliphatic heterocycles. The Morgan fingerprint density at radius 2 is 2.17 bits per heavy atom. The normalized spacial score (nSPS) is 26.9. The molecule has 2 unspecified atom stereocenters. The Bertz CT molecular complexity index is 419. The van der Waals surface area contributed by atoms with E-state index in [1.54, 1.807) is 0 Å². The molecule has 98 valence electrons. The van der Waals surface area contributed by atoms with Gasteiger partial charge in [-0.2, -0.15) is 0 Å². The highest BCUT2D eigenvalue weighted by Gasteiger charge is 2.20. The van der Waals surface area contributed by atoms with Crippen LogP contribution >= 0.6 is 11.6 Å². The van der Waals surface area contributed by atoms with Gasteiger partial charge in [-0.15, -0.1) is 11.6 Å². The van der Waals surface area contributed by atoms with Crippen LogP contribution in [0.2, 0.25) is 0 Å². The van der Waals surface area contributed by atoms with Gasteiger partial charge in [0.25, 0.3) is 0 Å². The Kier molecular flexibility index (Phi) is 3.74. The highest BCUT2D eigenvalue weighted by molar-refractivity contribution is 6.20. The lowest BCUT2D eigenvalue weighted by Crippen LogP contribution is -2.22. The van der Waals surface area contributed by atoms with Crippen molar-refractivity contribution in [2.75, 3.05) is 11.9 Å². The maximum Gasteiger partial charge on any atom is 0.126 e. The average molecular weight is 265 g/mol. The first kappa shape index (κ1) is 12.3. The van der Waals surface area contributed by atoms with E-state index in [4.69, 9.17) is 16.6 Å². The number of nitrogens with zero attached hydrogens (tertiary/aromatic N) is 1. The molecule has 0 radical (unpaired) electrons. The fourth-order valence-corrected chi connectivity index (χ4v) is 3.58. The highest BCUT2D eigenvalue weighted by atomic mass is 35.5. The number of aryl methyl sites for hydroxylation is 2. The first-order valence-electron chi connectivity index (χ1n) is 7.18. The summed E-state index contributed by atoms with van der Waals surface area (Å²) in [6, 6.07) is 4.37. The number of aromatic nitrogens is 1. The van der Waals surface area contributed by atoms with Crippen molar-refractivity contribution in [1.82, 2.24) is 4.98 Å². The van der Waals surface area contributed by atoms with Crippen LogP contribution in [0.15, 0.2) is 12.1 Å². The van der Waals surface area contributed by atoms with Gasteiger partial charge in [0.05, 0.1) is 0 Å². The van der Waals surface area contributed by atoms with Crippen molar-refractivity contribution in [2.45, 2.75) is 50.3 Å². The molecular weight excluding hydrogens is 244 g/mol. The topological polar surface area (TPSA) is 24.9 Å². The zero-order valence-electron chi connectivity index (χ0n) is 10.8. The van der Waals surface area contributed by atoms with Gasteiger partial charge in [0.2, 0.25) is 0 Å². The van der Waals surface area contributed by atoms with Crippen LogP contribution in [0.5, 0.6) is 0 Å². The average Bonchev–Trinajstić information content (AvgIpc) is 2.84. The molecule has 0 bridgehead atoms. The molecule has 3 heteroatoms. The SMILES string of the molecule is ClC1CCCC(CNc2ccc3c(n2)CCC3)C1. The Morgan fingerprint density at radius 3 is 3.06 bits per heavy atom. The number of hydrogen-bond donors (Lipinski definition) is 1. The number of alkyl halides is 1. The summed E-state index contributed by atoms with van der Waals surface area (Å²) in [6.45, 7) is 1.02. The molecular formula is C15H21ClN2. The smallest absolute Gasteiger partial charge is 0.126 e. The van der Waals surface area contributed by atoms with Gasteiger partial charge in [-0.1, -0.05) is 12.5 Å². The summed E-state index contributed by atoms with van der Waals surface area (Å²) in [5.74, 6) is 1.77. The summed E-state index contributed by atoms with van der Waals surface area (Å²) in [5.41, 5.74) is 2.75. The molecule has 1 fully saturated rings. The summed E-state index contributed by atoms with van der Waals surface area (Å²) >= 11 is 6.23. The van der Waals surface area contributed by atoms with Crippen molar-refractivity contribution < 1.29 is 0 Å². The molecule has 1 N–H and O–H groups in total. The molecule has 2 nitrogen and oxygen atoms in total. The molecule has 2 atom stereocenters. The van der Waals surface area contributed by atoms with Crippen molar-refractivity contribution in [3.63, 3.8) is 0 Å². The number of rotatable bonds is 3. The number of fused-ring (bicyclic) bond motifs is 1. The molecule has 0 aromatic carbocycles. The van der Waals surface area contributed by atoms with Crippen LogP contribution in [0, 0.1) is 5.92 Å². The van der Waals surface area contributed by atoms with E-state index in [9.17, 15) is 0 Å². The van der Waals surface area contributed by atoms with Gasteiger partial charge in [-0.3, -0.25) is 0 Å². The van der Waals surface area contributed by atoms with Gasteiger partial charge in [-0.25, -0.2) is 4.98 Å². The molecule has 1 aromatic heterocycles. The van der Waals surface area contributed by atoms with Crippen LogP contribution in [0.3, 0.4) is 0 Å². The summed E-state index contributed by atoms with van der Waals surface area (Å²) in [5, 5.41) is 3.88. The van der Waals surface area contributed by atoms with Gasteiger partial charge in [0.15, 0.2) is 0 Å². The van der Waals surface area contributed by atoms with E-state index in [2.05, 4.69) is 17.4 Å². The Morgan fingerprint density at radius 1 is 1.22 bits per heavy atom. The number of anilines is 1. The zero-order chi connectivity index (χ0) is 12.4. The predicted octanol–water partition coefficient (Wildman–Crippen LogP) is 3.78. The number of hydrogen-bond acceptors (Lipinski definition) is 2. The van der Waals surface area contributed by atoms with Crippen LogP contribution in [-0.2, 0) is 12.8 Å². The van der Waals surface area contributed by atoms with Crippen molar-refractivity contribution in [3.05, 3.63) is 23.4 Å². The minimum Gasteiger partial charge on any atom is -0.370 e. The van der Waals surface area contributed by atoms with Gasteiger partial charge in [0.1, 0.15) is 5.82 Å². The highest BCUT2D eigenvalue weighted by Crippen LogP contribution is 2.28. The molecule has 2 aliphatic rings. The zero-order valence-corrected chi connectivity index (χ0v) is 11.5. The molecule has 18 heavy (non-hydrogen) atoms. The fourth-order valence-electron chi connectivity index (χ4n) is 3.18. The van der Waals surface area contributed by atoms with Crippen LogP contribution in [0.4, 0.5) is 5.82 Å². The minimum atomic E-state index is 0.388. The standard InChI is InChI=1S/C15H21ClN2/c16-13-5-1-3-11(9-13)10-17-15-8-7-12-4-2-6-14(12)18-15/h7-8,11,13H,1-6,9-10H2,(H,17,18). The van der Waals surface area contributed by atoms with Crippen LogP contribution in [0.1, 0.15) is 43.4 Å². The Labute approximate surface area is 114 Å². The van der Waals surface area contributed by atoms with Crippen LogP contribution < -0.4 is 5.32 Å². The molecule has 1 saturated carbocycles. The van der Waals surface area contributed by atoms with Gasteiger partial charge >= 0.3 is 0 Å². The lowest BCUT2D eigenvalue weighted by molar-refractivity contribution is 0.378. The third-order valence-corrected chi connectivity index (χ3v) is 4.62. The number of halogens is 1. The number of pyridine rings is 1. The summed E-state index contributed by atoms with van der Waals surface area (Å²) < 4.78 is 0. The third-order valence-electron chi connectivity index (χ3n) is 4.22. The lowest BCUT2D eigenvalue weighted by atomic mass is 9.89. The van der Waals surface area contributed by atoms with E-state index in [0.29, 0.717) is 5.38 Å². The quantitative estimate of drug-likeness (QED) is 0.841. The molecule has 1 aromatic rings. The molecule has 0 saturated heterocycles. The Hall–Kier alpha value is -0.760. The van der Waals surface area contributed by atoms with E-state index in [-0.39, 0.29) is 0 Å². The molecule has 0 amide bonds. The van der Waals surface area contributed by atoms with E-state index in [1.807, 2.05) is 0 Å². The second-order valence-corrected chi connectivity index (χ2v) is 6.28. The second-order valence-electron chi connectivity index (χ2n) is 5.67. The summed E-state index contributed by atoms with van der Waals surface area (Å²) in [4.78, 5) is 4.71. The molecule has 3 rings (SSSR count). The monoisotopic (exact) mass is 264 g/mol. The molecule has 2 aliphatic carbocycles.